The molecule has 0 spiro atoms. The first-order valence-corrected chi connectivity index (χ1v) is 10.5. The SMILES string of the molecule is CC(C)[Si](C(C)C)(C(C)C)n1c(Br)cc2c(F)ccnc21. The van der Waals surface area contributed by atoms with Crippen LogP contribution in [0.5, 0.6) is 0 Å². The minimum atomic E-state index is -1.94. The number of aromatic nitrogens is 2. The van der Waals surface area contributed by atoms with Crippen molar-refractivity contribution in [3.63, 3.8) is 0 Å². The minimum absolute atomic E-state index is 0.196. The Hall–Kier alpha value is -0.683. The lowest BCUT2D eigenvalue weighted by Crippen LogP contribution is -2.52. The van der Waals surface area contributed by atoms with Crippen LogP contribution in [0.15, 0.2) is 22.9 Å². The summed E-state index contributed by atoms with van der Waals surface area (Å²) < 4.78 is 17.4. The summed E-state index contributed by atoms with van der Waals surface area (Å²) in [7, 11) is -1.94. The van der Waals surface area contributed by atoms with Crippen LogP contribution in [0.4, 0.5) is 4.39 Å². The van der Waals surface area contributed by atoms with Crippen molar-refractivity contribution in [3.8, 4) is 0 Å². The number of pyridine rings is 1. The van der Waals surface area contributed by atoms with E-state index in [0.717, 1.165) is 10.3 Å². The van der Waals surface area contributed by atoms with Crippen molar-refractivity contribution < 1.29 is 4.39 Å². The van der Waals surface area contributed by atoms with Crippen LogP contribution < -0.4 is 0 Å². The molecule has 2 heterocycles. The van der Waals surface area contributed by atoms with E-state index in [1.807, 2.05) is 6.07 Å². The zero-order chi connectivity index (χ0) is 15.9. The molecular formula is C16H24BrFN2Si. The Labute approximate surface area is 136 Å². The van der Waals surface area contributed by atoms with Crippen molar-refractivity contribution in [3.05, 3.63) is 28.7 Å². The summed E-state index contributed by atoms with van der Waals surface area (Å²) in [6.45, 7) is 13.8. The molecule has 5 heteroatoms. The van der Waals surface area contributed by atoms with Gasteiger partial charge >= 0.3 is 0 Å². The van der Waals surface area contributed by atoms with Gasteiger partial charge in [0.25, 0.3) is 0 Å². The van der Waals surface area contributed by atoms with Crippen molar-refractivity contribution in [2.24, 2.45) is 0 Å². The van der Waals surface area contributed by atoms with Crippen molar-refractivity contribution >= 4 is 35.2 Å². The lowest BCUT2D eigenvalue weighted by Gasteiger charge is -2.44. The van der Waals surface area contributed by atoms with E-state index in [1.165, 1.54) is 6.07 Å². The Morgan fingerprint density at radius 3 is 2.10 bits per heavy atom. The van der Waals surface area contributed by atoms with Gasteiger partial charge in [-0.05, 0) is 44.7 Å². The monoisotopic (exact) mass is 370 g/mol. The maximum Gasteiger partial charge on any atom is 0.172 e. The molecule has 0 aliphatic carbocycles. The molecule has 2 nitrogen and oxygen atoms in total. The summed E-state index contributed by atoms with van der Waals surface area (Å²) >= 11 is 3.68. The number of fused-ring (bicyclic) bond motifs is 1. The molecule has 0 aliphatic heterocycles. The summed E-state index contributed by atoms with van der Waals surface area (Å²) in [4.78, 5) is 4.50. The topological polar surface area (TPSA) is 17.8 Å². The Bertz CT molecular complexity index is 627. The standard InChI is InChI=1S/C16H24BrFN2Si/c1-10(2)21(11(3)4,12(5)6)20-15(17)9-13-14(18)7-8-19-16(13)20/h7-12H,1-6H3. The van der Waals surface area contributed by atoms with Gasteiger partial charge in [0.15, 0.2) is 8.24 Å². The van der Waals surface area contributed by atoms with E-state index in [2.05, 4.69) is 66.7 Å². The Morgan fingerprint density at radius 2 is 1.62 bits per heavy atom. The average molecular weight is 371 g/mol. The van der Waals surface area contributed by atoms with E-state index in [4.69, 9.17) is 0 Å². The first-order chi connectivity index (χ1) is 9.74. The van der Waals surface area contributed by atoms with Crippen LogP contribution in [0, 0.1) is 5.82 Å². The molecule has 0 unspecified atom stereocenters. The van der Waals surface area contributed by atoms with E-state index in [-0.39, 0.29) is 5.82 Å². The van der Waals surface area contributed by atoms with Gasteiger partial charge in [-0.1, -0.05) is 41.5 Å². The molecule has 0 saturated carbocycles. The van der Waals surface area contributed by atoms with Crippen molar-refractivity contribution in [2.45, 2.75) is 58.2 Å². The molecule has 2 rings (SSSR count). The van der Waals surface area contributed by atoms with Gasteiger partial charge in [0.05, 0.1) is 9.99 Å². The normalized spacial score (nSPS) is 13.1. The Morgan fingerprint density at radius 1 is 1.10 bits per heavy atom. The van der Waals surface area contributed by atoms with Gasteiger partial charge in [-0.25, -0.2) is 9.37 Å². The van der Waals surface area contributed by atoms with Crippen LogP contribution in [0.3, 0.4) is 0 Å². The van der Waals surface area contributed by atoms with Crippen molar-refractivity contribution in [2.75, 3.05) is 0 Å². The number of halogens is 2. The van der Waals surface area contributed by atoms with E-state index >= 15 is 0 Å². The van der Waals surface area contributed by atoms with Gasteiger partial charge in [-0.2, -0.15) is 0 Å². The lowest BCUT2D eigenvalue weighted by molar-refractivity contribution is 0.638. The fourth-order valence-corrected chi connectivity index (χ4v) is 12.0. The number of rotatable bonds is 4. The molecule has 2 aromatic heterocycles. The van der Waals surface area contributed by atoms with Crippen LogP contribution in [-0.2, 0) is 0 Å². The number of hydrogen-bond acceptors (Lipinski definition) is 1. The zero-order valence-electron chi connectivity index (χ0n) is 13.6. The van der Waals surface area contributed by atoms with Crippen LogP contribution >= 0.6 is 15.9 Å². The summed E-state index contributed by atoms with van der Waals surface area (Å²) in [5, 5.41) is 0.614. The molecule has 0 radical (unpaired) electrons. The predicted octanol–water partition coefficient (Wildman–Crippen LogP) is 5.96. The second-order valence-electron chi connectivity index (χ2n) is 6.68. The van der Waals surface area contributed by atoms with Crippen LogP contribution in [0.1, 0.15) is 41.5 Å². The molecule has 0 aliphatic rings. The highest BCUT2D eigenvalue weighted by Gasteiger charge is 2.47. The second kappa shape index (κ2) is 5.84. The highest BCUT2D eigenvalue weighted by atomic mass is 79.9. The minimum Gasteiger partial charge on any atom is -0.347 e. The zero-order valence-corrected chi connectivity index (χ0v) is 16.2. The smallest absolute Gasteiger partial charge is 0.172 e. The van der Waals surface area contributed by atoms with Crippen molar-refractivity contribution in [1.29, 1.82) is 0 Å². The molecule has 21 heavy (non-hydrogen) atoms. The predicted molar refractivity (Wildman–Crippen MR) is 93.8 cm³/mol. The third-order valence-electron chi connectivity index (χ3n) is 4.77. The molecule has 0 saturated heterocycles. The largest absolute Gasteiger partial charge is 0.347 e. The van der Waals surface area contributed by atoms with E-state index in [1.54, 1.807) is 6.20 Å². The fraction of sp³-hybridized carbons (Fsp3) is 0.562. The van der Waals surface area contributed by atoms with Crippen LogP contribution in [0.25, 0.3) is 11.0 Å². The molecule has 116 valence electrons. The summed E-state index contributed by atoms with van der Waals surface area (Å²) in [6.07, 6.45) is 1.57. The summed E-state index contributed by atoms with van der Waals surface area (Å²) in [5.41, 5.74) is 2.39. The van der Waals surface area contributed by atoms with Crippen LogP contribution in [-0.4, -0.2) is 17.5 Å². The quantitative estimate of drug-likeness (QED) is 0.606. The second-order valence-corrected chi connectivity index (χ2v) is 13.2. The molecule has 0 fully saturated rings. The van der Waals surface area contributed by atoms with Crippen LogP contribution in [0.2, 0.25) is 16.6 Å². The summed E-state index contributed by atoms with van der Waals surface area (Å²) in [5.74, 6) is -0.196. The molecular weight excluding hydrogens is 347 g/mol. The Kier molecular flexibility index (Phi) is 4.64. The van der Waals surface area contributed by atoms with Crippen molar-refractivity contribution in [1.82, 2.24) is 9.22 Å². The molecule has 0 atom stereocenters. The average Bonchev–Trinajstić information content (AvgIpc) is 2.68. The van der Waals surface area contributed by atoms with Gasteiger partial charge in [0.1, 0.15) is 11.5 Å². The molecule has 2 aromatic rings. The Balaban J connectivity index is 2.90. The van der Waals surface area contributed by atoms with Gasteiger partial charge in [0.2, 0.25) is 0 Å². The first kappa shape index (κ1) is 16.7. The third-order valence-corrected chi connectivity index (χ3v) is 12.5. The molecule has 0 N–H and O–H groups in total. The number of nitrogens with zero attached hydrogens (tertiary/aromatic N) is 2. The van der Waals surface area contributed by atoms with Gasteiger partial charge in [-0.3, -0.25) is 0 Å². The molecule has 0 aromatic carbocycles. The van der Waals surface area contributed by atoms with Gasteiger partial charge in [-0.15, -0.1) is 0 Å². The van der Waals surface area contributed by atoms with E-state index < -0.39 is 8.24 Å². The fourth-order valence-electron chi connectivity index (χ4n) is 4.18. The van der Waals surface area contributed by atoms with Gasteiger partial charge < -0.3 is 4.23 Å². The van der Waals surface area contributed by atoms with E-state index in [9.17, 15) is 4.39 Å². The number of hydrogen-bond donors (Lipinski definition) is 0. The molecule has 0 bridgehead atoms. The molecule has 0 amide bonds. The van der Waals surface area contributed by atoms with Gasteiger partial charge in [0, 0.05) is 6.20 Å². The maximum absolute atomic E-state index is 14.1. The first-order valence-electron chi connectivity index (χ1n) is 7.56. The lowest BCUT2D eigenvalue weighted by atomic mass is 10.3. The highest BCUT2D eigenvalue weighted by molar-refractivity contribution is 9.10. The summed E-state index contributed by atoms with van der Waals surface area (Å²) in [6, 6.07) is 3.31. The maximum atomic E-state index is 14.1. The highest BCUT2D eigenvalue weighted by Crippen LogP contribution is 2.46. The third kappa shape index (κ3) is 2.38. The van der Waals surface area contributed by atoms with E-state index in [0.29, 0.717) is 22.0 Å².